The van der Waals surface area contributed by atoms with Crippen LogP contribution in [0.3, 0.4) is 0 Å². The minimum absolute atomic E-state index is 0.196. The number of anilines is 1. The molecule has 0 saturated heterocycles. The molecule has 17 heavy (non-hydrogen) atoms. The molecule has 1 amide bonds. The molecule has 0 saturated carbocycles. The Morgan fingerprint density at radius 3 is 2.71 bits per heavy atom. The summed E-state index contributed by atoms with van der Waals surface area (Å²) in [5.41, 5.74) is 0.999. The van der Waals surface area contributed by atoms with Gasteiger partial charge in [-0.05, 0) is 24.3 Å². The first-order chi connectivity index (χ1) is 8.16. The molecule has 0 unspecified atom stereocenters. The molecule has 0 aliphatic carbocycles. The predicted octanol–water partition coefficient (Wildman–Crippen LogP) is 2.24. The molecule has 0 fully saturated rings. The molecule has 86 valence electrons. The van der Waals surface area contributed by atoms with Crippen molar-refractivity contribution >= 4 is 11.7 Å². The number of nitrogens with zero attached hydrogens (tertiary/aromatic N) is 2. The maximum Gasteiger partial charge on any atom is 0.222 e. The maximum atomic E-state index is 13.4. The standard InChI is InChI=1S/C12H10FN3O/c1-8(17)16-11-5-4-9(7-15-11)10-3-2-6-14-12(10)13/h2-7H,1H3,(H,15,16,17). The summed E-state index contributed by atoms with van der Waals surface area (Å²) in [7, 11) is 0. The topological polar surface area (TPSA) is 54.9 Å². The number of amides is 1. The number of rotatable bonds is 2. The molecular weight excluding hydrogens is 221 g/mol. The number of hydrogen-bond acceptors (Lipinski definition) is 3. The monoisotopic (exact) mass is 231 g/mol. The molecule has 4 nitrogen and oxygen atoms in total. The molecule has 2 heterocycles. The second-order valence-corrected chi connectivity index (χ2v) is 3.46. The molecule has 0 aliphatic heterocycles. The van der Waals surface area contributed by atoms with E-state index in [0.717, 1.165) is 0 Å². The van der Waals surface area contributed by atoms with Crippen molar-refractivity contribution in [3.63, 3.8) is 0 Å². The molecule has 0 aromatic carbocycles. The van der Waals surface area contributed by atoms with E-state index in [1.54, 1.807) is 24.3 Å². The van der Waals surface area contributed by atoms with E-state index in [1.807, 2.05) is 0 Å². The van der Waals surface area contributed by atoms with E-state index >= 15 is 0 Å². The largest absolute Gasteiger partial charge is 0.311 e. The van der Waals surface area contributed by atoms with Crippen LogP contribution >= 0.6 is 0 Å². The van der Waals surface area contributed by atoms with Crippen molar-refractivity contribution in [1.82, 2.24) is 9.97 Å². The van der Waals surface area contributed by atoms with E-state index in [-0.39, 0.29) is 5.91 Å². The van der Waals surface area contributed by atoms with Crippen LogP contribution in [0.25, 0.3) is 11.1 Å². The van der Waals surface area contributed by atoms with Gasteiger partial charge in [-0.3, -0.25) is 4.79 Å². The second kappa shape index (κ2) is 4.69. The highest BCUT2D eigenvalue weighted by atomic mass is 19.1. The molecule has 2 aromatic rings. The Hall–Kier alpha value is -2.30. The van der Waals surface area contributed by atoms with Crippen LogP contribution in [0.1, 0.15) is 6.92 Å². The van der Waals surface area contributed by atoms with Crippen molar-refractivity contribution in [3.8, 4) is 11.1 Å². The first kappa shape index (κ1) is 11.2. The zero-order valence-corrected chi connectivity index (χ0v) is 9.14. The molecule has 2 aromatic heterocycles. The van der Waals surface area contributed by atoms with Gasteiger partial charge in [-0.25, -0.2) is 9.97 Å². The number of nitrogens with one attached hydrogen (secondary N) is 1. The van der Waals surface area contributed by atoms with Crippen molar-refractivity contribution in [3.05, 3.63) is 42.6 Å². The van der Waals surface area contributed by atoms with Gasteiger partial charge < -0.3 is 5.32 Å². The molecular formula is C12H10FN3O. The van der Waals surface area contributed by atoms with Gasteiger partial charge >= 0.3 is 0 Å². The van der Waals surface area contributed by atoms with Crippen LogP contribution in [-0.2, 0) is 4.79 Å². The second-order valence-electron chi connectivity index (χ2n) is 3.46. The molecule has 0 bridgehead atoms. The van der Waals surface area contributed by atoms with Crippen LogP contribution < -0.4 is 5.32 Å². The third kappa shape index (κ3) is 2.63. The zero-order chi connectivity index (χ0) is 12.3. The summed E-state index contributed by atoms with van der Waals surface area (Å²) in [5.74, 6) is -0.301. The molecule has 2 rings (SSSR count). The van der Waals surface area contributed by atoms with Crippen LogP contribution in [0.2, 0.25) is 0 Å². The lowest BCUT2D eigenvalue weighted by atomic mass is 10.1. The lowest BCUT2D eigenvalue weighted by Crippen LogP contribution is -2.07. The van der Waals surface area contributed by atoms with E-state index in [9.17, 15) is 9.18 Å². The van der Waals surface area contributed by atoms with Gasteiger partial charge in [0.25, 0.3) is 0 Å². The van der Waals surface area contributed by atoms with Gasteiger partial charge in [-0.15, -0.1) is 0 Å². The van der Waals surface area contributed by atoms with Crippen molar-refractivity contribution in [2.45, 2.75) is 6.92 Å². The average Bonchev–Trinajstić information content (AvgIpc) is 2.30. The van der Waals surface area contributed by atoms with Crippen LogP contribution in [0, 0.1) is 5.95 Å². The van der Waals surface area contributed by atoms with Crippen molar-refractivity contribution in [1.29, 1.82) is 0 Å². The van der Waals surface area contributed by atoms with E-state index < -0.39 is 5.95 Å². The first-order valence-corrected chi connectivity index (χ1v) is 5.01. The molecule has 0 spiro atoms. The Morgan fingerprint density at radius 2 is 2.12 bits per heavy atom. The van der Waals surface area contributed by atoms with Gasteiger partial charge in [-0.2, -0.15) is 4.39 Å². The quantitative estimate of drug-likeness (QED) is 0.806. The van der Waals surface area contributed by atoms with E-state index in [0.29, 0.717) is 16.9 Å². The summed E-state index contributed by atoms with van der Waals surface area (Å²) in [5, 5.41) is 2.54. The van der Waals surface area contributed by atoms with E-state index in [2.05, 4.69) is 15.3 Å². The van der Waals surface area contributed by atoms with Gasteiger partial charge in [0.1, 0.15) is 5.82 Å². The Kier molecular flexibility index (Phi) is 3.09. The summed E-state index contributed by atoms with van der Waals surface area (Å²) < 4.78 is 13.4. The fourth-order valence-electron chi connectivity index (χ4n) is 1.41. The molecule has 0 aliphatic rings. The Labute approximate surface area is 97.5 Å². The summed E-state index contributed by atoms with van der Waals surface area (Å²) in [6.07, 6.45) is 2.88. The summed E-state index contributed by atoms with van der Waals surface area (Å²) >= 11 is 0. The van der Waals surface area contributed by atoms with Crippen molar-refractivity contribution in [2.75, 3.05) is 5.32 Å². The molecule has 0 radical (unpaired) electrons. The van der Waals surface area contributed by atoms with Gasteiger partial charge in [0.2, 0.25) is 11.9 Å². The minimum atomic E-state index is -0.540. The molecule has 1 N–H and O–H groups in total. The molecule has 5 heteroatoms. The zero-order valence-electron chi connectivity index (χ0n) is 9.14. The van der Waals surface area contributed by atoms with Gasteiger partial charge in [-0.1, -0.05) is 0 Å². The van der Waals surface area contributed by atoms with E-state index in [1.165, 1.54) is 19.3 Å². The molecule has 0 atom stereocenters. The third-order valence-electron chi connectivity index (χ3n) is 2.14. The number of carbonyl (C=O) groups excluding carboxylic acids is 1. The fraction of sp³-hybridized carbons (Fsp3) is 0.0833. The first-order valence-electron chi connectivity index (χ1n) is 5.01. The number of halogens is 1. The number of carbonyl (C=O) groups is 1. The highest BCUT2D eigenvalue weighted by molar-refractivity contribution is 5.87. The lowest BCUT2D eigenvalue weighted by Gasteiger charge is -2.04. The summed E-state index contributed by atoms with van der Waals surface area (Å²) in [6.45, 7) is 1.40. The van der Waals surface area contributed by atoms with Crippen LogP contribution in [0.5, 0.6) is 0 Å². The van der Waals surface area contributed by atoms with Gasteiger partial charge in [0.15, 0.2) is 0 Å². The summed E-state index contributed by atoms with van der Waals surface area (Å²) in [4.78, 5) is 18.4. The van der Waals surface area contributed by atoms with Gasteiger partial charge in [0.05, 0.1) is 0 Å². The summed E-state index contributed by atoms with van der Waals surface area (Å²) in [6, 6.07) is 6.57. The van der Waals surface area contributed by atoms with Gasteiger partial charge in [0, 0.05) is 30.4 Å². The normalized spacial score (nSPS) is 10.0. The minimum Gasteiger partial charge on any atom is -0.311 e. The number of hydrogen-bond donors (Lipinski definition) is 1. The fourth-order valence-corrected chi connectivity index (χ4v) is 1.41. The average molecular weight is 231 g/mol. The Morgan fingerprint density at radius 1 is 1.29 bits per heavy atom. The van der Waals surface area contributed by atoms with Crippen LogP contribution in [0.4, 0.5) is 10.2 Å². The van der Waals surface area contributed by atoms with Crippen LogP contribution in [0.15, 0.2) is 36.7 Å². The van der Waals surface area contributed by atoms with Crippen molar-refractivity contribution in [2.24, 2.45) is 0 Å². The Balaban J connectivity index is 2.30. The smallest absolute Gasteiger partial charge is 0.222 e. The highest BCUT2D eigenvalue weighted by Crippen LogP contribution is 2.21. The lowest BCUT2D eigenvalue weighted by molar-refractivity contribution is -0.114. The van der Waals surface area contributed by atoms with Crippen molar-refractivity contribution < 1.29 is 9.18 Å². The SMILES string of the molecule is CC(=O)Nc1ccc(-c2cccnc2F)cn1. The maximum absolute atomic E-state index is 13.4. The predicted molar refractivity (Wildman–Crippen MR) is 61.7 cm³/mol. The van der Waals surface area contributed by atoms with Crippen LogP contribution in [-0.4, -0.2) is 15.9 Å². The highest BCUT2D eigenvalue weighted by Gasteiger charge is 2.05. The van der Waals surface area contributed by atoms with E-state index in [4.69, 9.17) is 0 Å². The number of pyridine rings is 2. The Bertz CT molecular complexity index is 540. The third-order valence-corrected chi connectivity index (χ3v) is 2.14. The number of aromatic nitrogens is 2.